The van der Waals surface area contributed by atoms with Crippen LogP contribution in [0.4, 0.5) is 5.69 Å². The van der Waals surface area contributed by atoms with Crippen molar-refractivity contribution in [2.45, 2.75) is 19.8 Å². The first-order chi connectivity index (χ1) is 10.2. The van der Waals surface area contributed by atoms with Crippen molar-refractivity contribution in [3.63, 3.8) is 0 Å². The number of amides is 1. The molecule has 0 saturated carbocycles. The molecule has 0 radical (unpaired) electrons. The third kappa shape index (κ3) is 2.59. The molecule has 1 aliphatic rings. The molecular weight excluding hydrogens is 262 g/mol. The van der Waals surface area contributed by atoms with Crippen LogP contribution in [-0.4, -0.2) is 18.7 Å². The molecule has 3 heteroatoms. The number of rotatable bonds is 3. The van der Waals surface area contributed by atoms with E-state index < -0.39 is 0 Å². The first kappa shape index (κ1) is 13.6. The van der Waals surface area contributed by atoms with E-state index in [1.165, 1.54) is 0 Å². The lowest BCUT2D eigenvalue weighted by atomic mass is 9.98. The van der Waals surface area contributed by atoms with Crippen LogP contribution < -0.4 is 4.90 Å². The van der Waals surface area contributed by atoms with Crippen LogP contribution >= 0.6 is 0 Å². The summed E-state index contributed by atoms with van der Waals surface area (Å²) in [5.41, 5.74) is 4.86. The Morgan fingerprint density at radius 3 is 2.67 bits per heavy atom. The smallest absolute Gasteiger partial charge is 0.227 e. The number of hydrogen-bond acceptors (Lipinski definition) is 2. The van der Waals surface area contributed by atoms with E-state index in [9.17, 15) is 9.59 Å². The first-order valence-corrected chi connectivity index (χ1v) is 7.15. The molecule has 1 fully saturated rings. The van der Waals surface area contributed by atoms with Crippen LogP contribution in [0.25, 0.3) is 11.1 Å². The van der Waals surface area contributed by atoms with Crippen LogP contribution in [0.5, 0.6) is 0 Å². The van der Waals surface area contributed by atoms with Crippen LogP contribution in [-0.2, 0) is 4.79 Å². The maximum absolute atomic E-state index is 11.8. The highest BCUT2D eigenvalue weighted by Gasteiger charge is 2.21. The fraction of sp³-hybridized carbons (Fsp3) is 0.222. The molecule has 0 unspecified atom stereocenters. The van der Waals surface area contributed by atoms with Crippen molar-refractivity contribution < 1.29 is 9.59 Å². The summed E-state index contributed by atoms with van der Waals surface area (Å²) in [7, 11) is 0. The summed E-state index contributed by atoms with van der Waals surface area (Å²) >= 11 is 0. The Hall–Kier alpha value is -2.42. The molecule has 0 aliphatic carbocycles. The molecule has 1 amide bonds. The fourth-order valence-corrected chi connectivity index (χ4v) is 2.84. The highest BCUT2D eigenvalue weighted by molar-refractivity contribution is 5.95. The first-order valence-electron chi connectivity index (χ1n) is 7.15. The van der Waals surface area contributed by atoms with Gasteiger partial charge in [0.25, 0.3) is 0 Å². The molecule has 1 aliphatic heterocycles. The Balaban J connectivity index is 1.97. The van der Waals surface area contributed by atoms with Crippen LogP contribution in [0.15, 0.2) is 42.5 Å². The van der Waals surface area contributed by atoms with Crippen LogP contribution in [0, 0.1) is 6.92 Å². The van der Waals surface area contributed by atoms with Gasteiger partial charge in [-0.25, -0.2) is 0 Å². The Kier molecular flexibility index (Phi) is 3.57. The second kappa shape index (κ2) is 5.52. The zero-order valence-electron chi connectivity index (χ0n) is 12.0. The van der Waals surface area contributed by atoms with Gasteiger partial charge in [0.05, 0.1) is 0 Å². The van der Waals surface area contributed by atoms with Crippen molar-refractivity contribution in [3.05, 3.63) is 53.6 Å². The number of nitrogens with zero attached hydrogens (tertiary/aromatic N) is 1. The van der Waals surface area contributed by atoms with Crippen molar-refractivity contribution in [1.82, 2.24) is 0 Å². The number of aryl methyl sites for hydroxylation is 1. The Bertz CT molecular complexity index is 706. The van der Waals surface area contributed by atoms with E-state index in [0.717, 1.165) is 41.6 Å². The van der Waals surface area contributed by atoms with Gasteiger partial charge in [0.2, 0.25) is 5.91 Å². The summed E-state index contributed by atoms with van der Waals surface area (Å²) in [6.45, 7) is 2.84. The summed E-state index contributed by atoms with van der Waals surface area (Å²) in [6, 6.07) is 13.6. The molecule has 3 nitrogen and oxygen atoms in total. The van der Waals surface area contributed by atoms with Gasteiger partial charge in [0.1, 0.15) is 6.29 Å². The number of benzene rings is 2. The largest absolute Gasteiger partial charge is 0.312 e. The SMILES string of the molecule is Cc1cc(N2CCCC2=O)ccc1-c1cccc(C=O)c1. The highest BCUT2D eigenvalue weighted by Crippen LogP contribution is 2.29. The number of carbonyl (C=O) groups is 2. The molecule has 3 rings (SSSR count). The van der Waals surface area contributed by atoms with Gasteiger partial charge in [-0.15, -0.1) is 0 Å². The molecule has 2 aromatic carbocycles. The Morgan fingerprint density at radius 1 is 1.14 bits per heavy atom. The zero-order valence-corrected chi connectivity index (χ0v) is 12.0. The van der Waals surface area contributed by atoms with Gasteiger partial charge in [0, 0.05) is 24.2 Å². The van der Waals surface area contributed by atoms with E-state index >= 15 is 0 Å². The lowest BCUT2D eigenvalue weighted by molar-refractivity contribution is -0.117. The molecule has 1 heterocycles. The van der Waals surface area contributed by atoms with E-state index in [4.69, 9.17) is 0 Å². The third-order valence-electron chi connectivity index (χ3n) is 3.93. The quantitative estimate of drug-likeness (QED) is 0.805. The zero-order chi connectivity index (χ0) is 14.8. The molecule has 0 aromatic heterocycles. The van der Waals surface area contributed by atoms with Crippen molar-refractivity contribution in [2.75, 3.05) is 11.4 Å². The van der Waals surface area contributed by atoms with E-state index in [1.807, 2.05) is 48.2 Å². The van der Waals surface area contributed by atoms with E-state index in [0.29, 0.717) is 12.0 Å². The number of hydrogen-bond donors (Lipinski definition) is 0. The topological polar surface area (TPSA) is 37.4 Å². The maximum atomic E-state index is 11.8. The van der Waals surface area contributed by atoms with Crippen molar-refractivity contribution in [1.29, 1.82) is 0 Å². The summed E-state index contributed by atoms with van der Waals surface area (Å²) in [6.07, 6.45) is 2.43. The second-order valence-corrected chi connectivity index (χ2v) is 5.39. The van der Waals surface area contributed by atoms with Crippen molar-refractivity contribution >= 4 is 17.9 Å². The van der Waals surface area contributed by atoms with Crippen LogP contribution in [0.2, 0.25) is 0 Å². The standard InChI is InChI=1S/C18H17NO2/c1-13-10-16(19-9-3-6-18(19)21)7-8-17(13)15-5-2-4-14(11-15)12-20/h2,4-5,7-8,10-12H,3,6,9H2,1H3. The average molecular weight is 279 g/mol. The summed E-state index contributed by atoms with van der Waals surface area (Å²) in [5.74, 6) is 0.199. The van der Waals surface area contributed by atoms with E-state index in [1.54, 1.807) is 6.07 Å². The molecule has 0 spiro atoms. The molecule has 0 bridgehead atoms. The fourth-order valence-electron chi connectivity index (χ4n) is 2.84. The predicted molar refractivity (Wildman–Crippen MR) is 83.6 cm³/mol. The summed E-state index contributed by atoms with van der Waals surface area (Å²) < 4.78 is 0. The van der Waals surface area contributed by atoms with E-state index in [-0.39, 0.29) is 5.91 Å². The third-order valence-corrected chi connectivity index (χ3v) is 3.93. The molecule has 21 heavy (non-hydrogen) atoms. The molecule has 0 N–H and O–H groups in total. The number of anilines is 1. The minimum absolute atomic E-state index is 0.199. The van der Waals surface area contributed by atoms with Gasteiger partial charge < -0.3 is 4.90 Å². The van der Waals surface area contributed by atoms with Gasteiger partial charge in [0.15, 0.2) is 0 Å². The molecule has 2 aromatic rings. The number of carbonyl (C=O) groups excluding carboxylic acids is 2. The van der Waals surface area contributed by atoms with Gasteiger partial charge in [-0.1, -0.05) is 24.3 Å². The Labute approximate surface area is 124 Å². The summed E-state index contributed by atoms with van der Waals surface area (Å²) in [5, 5.41) is 0. The van der Waals surface area contributed by atoms with Crippen LogP contribution in [0.3, 0.4) is 0 Å². The van der Waals surface area contributed by atoms with Crippen molar-refractivity contribution in [2.24, 2.45) is 0 Å². The average Bonchev–Trinajstić information content (AvgIpc) is 2.93. The maximum Gasteiger partial charge on any atom is 0.227 e. The molecule has 106 valence electrons. The van der Waals surface area contributed by atoms with Crippen molar-refractivity contribution in [3.8, 4) is 11.1 Å². The van der Waals surface area contributed by atoms with Gasteiger partial charge in [-0.05, 0) is 48.2 Å². The van der Waals surface area contributed by atoms with Gasteiger partial charge in [-0.2, -0.15) is 0 Å². The lowest BCUT2D eigenvalue weighted by Crippen LogP contribution is -2.23. The van der Waals surface area contributed by atoms with E-state index in [2.05, 4.69) is 0 Å². The second-order valence-electron chi connectivity index (χ2n) is 5.39. The molecule has 0 atom stereocenters. The highest BCUT2D eigenvalue weighted by atomic mass is 16.2. The minimum Gasteiger partial charge on any atom is -0.312 e. The normalized spacial score (nSPS) is 14.5. The monoisotopic (exact) mass is 279 g/mol. The van der Waals surface area contributed by atoms with Gasteiger partial charge >= 0.3 is 0 Å². The Morgan fingerprint density at radius 2 is 2.00 bits per heavy atom. The predicted octanol–water partition coefficient (Wildman–Crippen LogP) is 3.60. The molecule has 1 saturated heterocycles. The lowest BCUT2D eigenvalue weighted by Gasteiger charge is -2.17. The summed E-state index contributed by atoms with van der Waals surface area (Å²) in [4.78, 5) is 24.6. The number of aldehydes is 1. The minimum atomic E-state index is 0.199. The molecular formula is C18H17NO2. The van der Waals surface area contributed by atoms with Gasteiger partial charge in [-0.3, -0.25) is 9.59 Å². The van der Waals surface area contributed by atoms with Crippen LogP contribution in [0.1, 0.15) is 28.8 Å².